The van der Waals surface area contributed by atoms with Crippen LogP contribution in [0.15, 0.2) is 22.8 Å². The van der Waals surface area contributed by atoms with Crippen molar-refractivity contribution in [3.05, 3.63) is 24.2 Å². The Morgan fingerprint density at radius 2 is 2.11 bits per heavy atom. The number of carbonyl (C=O) groups excluding carboxylic acids is 2. The van der Waals surface area contributed by atoms with E-state index in [2.05, 4.69) is 0 Å². The van der Waals surface area contributed by atoms with E-state index in [-0.39, 0.29) is 30.7 Å². The van der Waals surface area contributed by atoms with Crippen molar-refractivity contribution in [3.63, 3.8) is 0 Å². The molecule has 0 aliphatic carbocycles. The molecule has 27 heavy (non-hydrogen) atoms. The van der Waals surface area contributed by atoms with Crippen LogP contribution in [0.25, 0.3) is 0 Å². The minimum absolute atomic E-state index is 0.0613. The summed E-state index contributed by atoms with van der Waals surface area (Å²) in [5.41, 5.74) is -1.09. The molecular formula is C19H26N2O6. The average Bonchev–Trinajstić information content (AvgIpc) is 3.22. The summed E-state index contributed by atoms with van der Waals surface area (Å²) < 4.78 is 10.3. The van der Waals surface area contributed by atoms with Crippen molar-refractivity contribution in [3.8, 4) is 0 Å². The Hall–Kier alpha value is -2.35. The second-order valence-corrected chi connectivity index (χ2v) is 7.37. The molecule has 1 aromatic heterocycles. The molecule has 0 spiro atoms. The molecule has 1 N–H and O–H groups in total. The molecule has 2 aliphatic rings. The lowest BCUT2D eigenvalue weighted by molar-refractivity contribution is -0.160. The Morgan fingerprint density at radius 3 is 2.78 bits per heavy atom. The number of ether oxygens (including phenoxy) is 1. The van der Waals surface area contributed by atoms with Crippen LogP contribution in [0.5, 0.6) is 0 Å². The summed E-state index contributed by atoms with van der Waals surface area (Å²) in [4.78, 5) is 41.0. The number of carboxylic acid groups (broad SMARTS) is 1. The van der Waals surface area contributed by atoms with Crippen molar-refractivity contribution in [1.82, 2.24) is 9.80 Å². The van der Waals surface area contributed by atoms with Gasteiger partial charge in [0.25, 0.3) is 5.91 Å². The van der Waals surface area contributed by atoms with Gasteiger partial charge in [-0.25, -0.2) is 0 Å². The molecule has 3 rings (SSSR count). The van der Waals surface area contributed by atoms with Crippen LogP contribution in [-0.2, 0) is 14.3 Å². The number of hydrogen-bond donors (Lipinski definition) is 1. The summed E-state index contributed by atoms with van der Waals surface area (Å²) in [6.45, 7) is 1.16. The molecule has 8 heteroatoms. The van der Waals surface area contributed by atoms with Crippen LogP contribution < -0.4 is 0 Å². The smallest absolute Gasteiger partial charge is 0.313 e. The van der Waals surface area contributed by atoms with Gasteiger partial charge in [-0.1, -0.05) is 0 Å². The van der Waals surface area contributed by atoms with Gasteiger partial charge < -0.3 is 24.1 Å². The quantitative estimate of drug-likeness (QED) is 0.836. The third kappa shape index (κ3) is 3.85. The molecule has 2 aliphatic heterocycles. The first-order valence-corrected chi connectivity index (χ1v) is 9.34. The van der Waals surface area contributed by atoms with Gasteiger partial charge in [0, 0.05) is 26.7 Å². The maximum absolute atomic E-state index is 13.2. The van der Waals surface area contributed by atoms with Crippen molar-refractivity contribution in [2.45, 2.75) is 38.1 Å². The molecule has 2 amide bonds. The van der Waals surface area contributed by atoms with Gasteiger partial charge in [-0.05, 0) is 44.2 Å². The lowest BCUT2D eigenvalue weighted by atomic mass is 9.80. The average molecular weight is 378 g/mol. The minimum Gasteiger partial charge on any atom is -0.481 e. The number of carbonyl (C=O) groups is 3. The van der Waals surface area contributed by atoms with Gasteiger partial charge in [0.1, 0.15) is 11.5 Å². The molecule has 2 fully saturated rings. The second-order valence-electron chi connectivity index (χ2n) is 7.37. The van der Waals surface area contributed by atoms with Gasteiger partial charge in [-0.2, -0.15) is 0 Å². The zero-order valence-electron chi connectivity index (χ0n) is 15.6. The van der Waals surface area contributed by atoms with E-state index in [0.717, 1.165) is 12.8 Å². The Morgan fingerprint density at radius 1 is 1.30 bits per heavy atom. The first-order chi connectivity index (χ1) is 13.0. The van der Waals surface area contributed by atoms with Crippen LogP contribution in [0.1, 0.15) is 42.7 Å². The van der Waals surface area contributed by atoms with Crippen molar-refractivity contribution in [2.75, 3.05) is 33.4 Å². The summed E-state index contributed by atoms with van der Waals surface area (Å²) in [5, 5.41) is 9.70. The maximum atomic E-state index is 13.2. The van der Waals surface area contributed by atoms with E-state index in [1.807, 2.05) is 0 Å². The van der Waals surface area contributed by atoms with E-state index in [1.54, 1.807) is 21.9 Å². The molecule has 0 bridgehead atoms. The van der Waals surface area contributed by atoms with E-state index >= 15 is 0 Å². The largest absolute Gasteiger partial charge is 0.481 e. The predicted molar refractivity (Wildman–Crippen MR) is 95.1 cm³/mol. The van der Waals surface area contributed by atoms with Crippen LogP contribution in [0.4, 0.5) is 0 Å². The molecule has 0 radical (unpaired) electrons. The topological polar surface area (TPSA) is 100 Å². The SMILES string of the molecule is COCC1(C(=O)O)CCCN(C(=O)C2CCCCN2C(=O)c2ccco2)C1. The molecular weight excluding hydrogens is 352 g/mol. The number of aliphatic carboxylic acids is 1. The van der Waals surface area contributed by atoms with Crippen LogP contribution in [0.2, 0.25) is 0 Å². The number of rotatable bonds is 5. The van der Waals surface area contributed by atoms with E-state index in [1.165, 1.54) is 13.4 Å². The normalized spacial score (nSPS) is 26.0. The third-order valence-corrected chi connectivity index (χ3v) is 5.54. The number of piperidine rings is 2. The lowest BCUT2D eigenvalue weighted by Gasteiger charge is -2.43. The van der Waals surface area contributed by atoms with Crippen molar-refractivity contribution in [2.24, 2.45) is 5.41 Å². The highest BCUT2D eigenvalue weighted by Gasteiger charge is 2.46. The molecule has 0 aromatic carbocycles. The van der Waals surface area contributed by atoms with Crippen molar-refractivity contribution >= 4 is 17.8 Å². The van der Waals surface area contributed by atoms with E-state index in [0.29, 0.717) is 32.4 Å². The predicted octanol–water partition coefficient (Wildman–Crippen LogP) is 1.61. The zero-order valence-corrected chi connectivity index (χ0v) is 15.6. The van der Waals surface area contributed by atoms with Gasteiger partial charge in [0.2, 0.25) is 5.91 Å². The van der Waals surface area contributed by atoms with E-state index < -0.39 is 17.4 Å². The Balaban J connectivity index is 1.78. The number of nitrogens with zero attached hydrogens (tertiary/aromatic N) is 2. The fourth-order valence-electron chi connectivity index (χ4n) is 4.13. The second kappa shape index (κ2) is 8.12. The summed E-state index contributed by atoms with van der Waals surface area (Å²) in [5.74, 6) is -1.21. The van der Waals surface area contributed by atoms with Crippen LogP contribution in [0, 0.1) is 5.41 Å². The van der Waals surface area contributed by atoms with Gasteiger partial charge in [-0.15, -0.1) is 0 Å². The number of methoxy groups -OCH3 is 1. The van der Waals surface area contributed by atoms with E-state index in [9.17, 15) is 19.5 Å². The summed E-state index contributed by atoms with van der Waals surface area (Å²) in [6, 6.07) is 2.65. The lowest BCUT2D eigenvalue weighted by Crippen LogP contribution is -2.58. The van der Waals surface area contributed by atoms with Gasteiger partial charge in [0.05, 0.1) is 12.9 Å². The van der Waals surface area contributed by atoms with Gasteiger partial charge in [0.15, 0.2) is 5.76 Å². The fraction of sp³-hybridized carbons (Fsp3) is 0.632. The molecule has 2 saturated heterocycles. The highest BCUT2D eigenvalue weighted by Crippen LogP contribution is 2.32. The number of hydrogen-bond acceptors (Lipinski definition) is 5. The van der Waals surface area contributed by atoms with Gasteiger partial charge >= 0.3 is 5.97 Å². The summed E-state index contributed by atoms with van der Waals surface area (Å²) >= 11 is 0. The van der Waals surface area contributed by atoms with Crippen molar-refractivity contribution in [1.29, 1.82) is 0 Å². The minimum atomic E-state index is -1.09. The molecule has 8 nitrogen and oxygen atoms in total. The summed E-state index contributed by atoms with van der Waals surface area (Å²) in [6.07, 6.45) is 4.77. The zero-order chi connectivity index (χ0) is 19.4. The fourth-order valence-corrected chi connectivity index (χ4v) is 4.13. The van der Waals surface area contributed by atoms with Gasteiger partial charge in [-0.3, -0.25) is 14.4 Å². The summed E-state index contributed by atoms with van der Waals surface area (Å²) in [7, 11) is 1.47. The number of furan rings is 1. The molecule has 148 valence electrons. The highest BCUT2D eigenvalue weighted by molar-refractivity contribution is 5.95. The van der Waals surface area contributed by atoms with Crippen LogP contribution in [0.3, 0.4) is 0 Å². The Bertz CT molecular complexity index is 684. The number of likely N-dealkylation sites (tertiary alicyclic amines) is 2. The Kier molecular flexibility index (Phi) is 5.84. The molecule has 1 aromatic rings. The number of amides is 2. The Labute approximate surface area is 158 Å². The van der Waals surface area contributed by atoms with Crippen LogP contribution >= 0.6 is 0 Å². The van der Waals surface area contributed by atoms with Crippen LogP contribution in [-0.4, -0.2) is 72.1 Å². The van der Waals surface area contributed by atoms with E-state index in [4.69, 9.17) is 9.15 Å². The number of carboxylic acids is 1. The monoisotopic (exact) mass is 378 g/mol. The molecule has 3 heterocycles. The standard InChI is InChI=1S/C19H26N2O6/c1-26-13-19(18(24)25)8-5-9-20(12-19)16(22)14-6-2-3-10-21(14)17(23)15-7-4-11-27-15/h4,7,11,14H,2-3,5-6,8-10,12-13H2,1H3,(H,24,25). The molecule has 2 atom stereocenters. The molecule has 0 saturated carbocycles. The maximum Gasteiger partial charge on any atom is 0.313 e. The first-order valence-electron chi connectivity index (χ1n) is 9.34. The highest BCUT2D eigenvalue weighted by atomic mass is 16.5. The molecule has 2 unspecified atom stereocenters. The third-order valence-electron chi connectivity index (χ3n) is 5.54. The van der Waals surface area contributed by atoms with Crippen molar-refractivity contribution < 1.29 is 28.6 Å². The first kappa shape index (κ1) is 19.4.